The number of β-amino-alcohol motifs (C(OH)–C–C–N with tert-alkyl or cyclic N) is 1. The van der Waals surface area contributed by atoms with Crippen LogP contribution in [-0.2, 0) is 11.2 Å². The second-order valence-electron chi connectivity index (χ2n) is 4.39. The number of rotatable bonds is 3. The molecule has 0 saturated carbocycles. The second-order valence-corrected chi connectivity index (χ2v) is 4.39. The lowest BCUT2D eigenvalue weighted by Crippen LogP contribution is -2.30. The average molecular weight is 250 g/mol. The topological polar surface area (TPSA) is 83.7 Å². The minimum absolute atomic E-state index is 0.0123. The van der Waals surface area contributed by atoms with Gasteiger partial charge in [-0.25, -0.2) is 0 Å². The van der Waals surface area contributed by atoms with Crippen LogP contribution in [0.1, 0.15) is 12.0 Å². The molecule has 1 heterocycles. The van der Waals surface area contributed by atoms with Gasteiger partial charge in [0.25, 0.3) is 5.69 Å². The van der Waals surface area contributed by atoms with Gasteiger partial charge < -0.3 is 10.0 Å². The van der Waals surface area contributed by atoms with E-state index in [9.17, 15) is 20.0 Å². The monoisotopic (exact) mass is 250 g/mol. The number of carbonyl (C=O) groups excluding carboxylic acids is 1. The Bertz CT molecular complexity index is 475. The van der Waals surface area contributed by atoms with Gasteiger partial charge in [-0.2, -0.15) is 0 Å². The molecule has 0 aliphatic carbocycles. The molecule has 1 aromatic rings. The largest absolute Gasteiger partial charge is 0.391 e. The fourth-order valence-corrected chi connectivity index (χ4v) is 2.03. The van der Waals surface area contributed by atoms with Gasteiger partial charge in [0.1, 0.15) is 0 Å². The molecule has 1 amide bonds. The van der Waals surface area contributed by atoms with Crippen LogP contribution < -0.4 is 0 Å². The Kier molecular flexibility index (Phi) is 3.57. The molecule has 1 aliphatic heterocycles. The van der Waals surface area contributed by atoms with Gasteiger partial charge in [-0.15, -0.1) is 0 Å². The van der Waals surface area contributed by atoms with Crippen molar-refractivity contribution in [3.05, 3.63) is 39.9 Å². The van der Waals surface area contributed by atoms with Crippen LogP contribution in [0.15, 0.2) is 24.3 Å². The van der Waals surface area contributed by atoms with Crippen molar-refractivity contribution in [2.75, 3.05) is 13.1 Å². The van der Waals surface area contributed by atoms with Crippen LogP contribution in [0.5, 0.6) is 0 Å². The summed E-state index contributed by atoms with van der Waals surface area (Å²) in [6.45, 7) is 0.905. The maximum Gasteiger partial charge on any atom is 0.269 e. The molecule has 6 nitrogen and oxygen atoms in total. The Morgan fingerprint density at radius 1 is 1.56 bits per heavy atom. The molecule has 1 aromatic carbocycles. The van der Waals surface area contributed by atoms with Crippen LogP contribution in [0.3, 0.4) is 0 Å². The maximum absolute atomic E-state index is 11.9. The lowest BCUT2D eigenvalue weighted by molar-refractivity contribution is -0.384. The molecular weight excluding hydrogens is 236 g/mol. The first kappa shape index (κ1) is 12.5. The summed E-state index contributed by atoms with van der Waals surface area (Å²) in [7, 11) is 0. The van der Waals surface area contributed by atoms with E-state index in [1.807, 2.05) is 0 Å². The molecule has 0 spiro atoms. The summed E-state index contributed by atoms with van der Waals surface area (Å²) in [4.78, 5) is 23.6. The van der Waals surface area contributed by atoms with Crippen LogP contribution >= 0.6 is 0 Å². The fourth-order valence-electron chi connectivity index (χ4n) is 2.03. The quantitative estimate of drug-likeness (QED) is 0.633. The van der Waals surface area contributed by atoms with Crippen molar-refractivity contribution in [1.82, 2.24) is 4.90 Å². The fraction of sp³-hybridized carbons (Fsp3) is 0.417. The first-order valence-corrected chi connectivity index (χ1v) is 5.75. The highest BCUT2D eigenvalue weighted by Gasteiger charge is 2.24. The van der Waals surface area contributed by atoms with Crippen molar-refractivity contribution >= 4 is 11.6 Å². The van der Waals surface area contributed by atoms with Crippen molar-refractivity contribution in [2.45, 2.75) is 18.9 Å². The summed E-state index contributed by atoms with van der Waals surface area (Å²) in [5.74, 6) is -0.105. The van der Waals surface area contributed by atoms with Crippen molar-refractivity contribution in [3.8, 4) is 0 Å². The summed E-state index contributed by atoms with van der Waals surface area (Å²) >= 11 is 0. The standard InChI is InChI=1S/C12H14N2O4/c15-11-4-5-13(8-11)12(16)7-9-2-1-3-10(6-9)14(17)18/h1-3,6,11,15H,4-5,7-8H2/t11-/m1/s1. The molecule has 0 aromatic heterocycles. The van der Waals surface area contributed by atoms with Crippen molar-refractivity contribution < 1.29 is 14.8 Å². The molecule has 1 fully saturated rings. The Balaban J connectivity index is 2.03. The van der Waals surface area contributed by atoms with Crippen molar-refractivity contribution in [3.63, 3.8) is 0 Å². The number of nitrogens with zero attached hydrogens (tertiary/aromatic N) is 2. The van der Waals surface area contributed by atoms with Gasteiger partial charge in [0.15, 0.2) is 0 Å². The van der Waals surface area contributed by atoms with E-state index < -0.39 is 11.0 Å². The normalized spacial score (nSPS) is 18.9. The smallest absolute Gasteiger partial charge is 0.269 e. The van der Waals surface area contributed by atoms with Gasteiger partial charge in [-0.1, -0.05) is 12.1 Å². The Labute approximate surface area is 104 Å². The molecule has 6 heteroatoms. The minimum atomic E-state index is -0.479. The van der Waals surface area contributed by atoms with E-state index in [-0.39, 0.29) is 18.0 Å². The zero-order chi connectivity index (χ0) is 13.1. The van der Waals surface area contributed by atoms with Crippen LogP contribution in [0, 0.1) is 10.1 Å². The van der Waals surface area contributed by atoms with Gasteiger partial charge in [0.2, 0.25) is 5.91 Å². The van der Waals surface area contributed by atoms with E-state index in [0.29, 0.717) is 25.1 Å². The minimum Gasteiger partial charge on any atom is -0.391 e. The maximum atomic E-state index is 11.9. The highest BCUT2D eigenvalue weighted by atomic mass is 16.6. The Hall–Kier alpha value is -1.95. The van der Waals surface area contributed by atoms with Crippen LogP contribution in [-0.4, -0.2) is 40.0 Å². The van der Waals surface area contributed by atoms with Gasteiger partial charge >= 0.3 is 0 Å². The molecule has 96 valence electrons. The number of carbonyl (C=O) groups is 1. The average Bonchev–Trinajstić information content (AvgIpc) is 2.76. The van der Waals surface area contributed by atoms with Gasteiger partial charge in [0.05, 0.1) is 17.4 Å². The number of nitro groups is 1. The molecule has 1 aliphatic rings. The predicted octanol–water partition coefficient (Wildman–Crippen LogP) is 0.730. The van der Waals surface area contributed by atoms with Crippen LogP contribution in [0.25, 0.3) is 0 Å². The highest BCUT2D eigenvalue weighted by Crippen LogP contribution is 2.16. The van der Waals surface area contributed by atoms with E-state index in [0.717, 1.165) is 0 Å². The predicted molar refractivity (Wildman–Crippen MR) is 64.0 cm³/mol. The molecule has 2 rings (SSSR count). The summed E-state index contributed by atoms with van der Waals surface area (Å²) in [6, 6.07) is 6.06. The zero-order valence-electron chi connectivity index (χ0n) is 9.78. The highest BCUT2D eigenvalue weighted by molar-refractivity contribution is 5.79. The number of benzene rings is 1. The summed E-state index contributed by atoms with van der Waals surface area (Å²) in [6.07, 6.45) is 0.286. The molecule has 18 heavy (non-hydrogen) atoms. The second kappa shape index (κ2) is 5.14. The van der Waals surface area contributed by atoms with Crippen molar-refractivity contribution in [1.29, 1.82) is 0 Å². The third-order valence-corrected chi connectivity index (χ3v) is 2.99. The lowest BCUT2D eigenvalue weighted by Gasteiger charge is -2.15. The number of aliphatic hydroxyl groups excluding tert-OH is 1. The number of non-ortho nitro benzene ring substituents is 1. The number of nitro benzene ring substituents is 1. The molecule has 1 atom stereocenters. The van der Waals surface area contributed by atoms with E-state index in [4.69, 9.17) is 0 Å². The number of likely N-dealkylation sites (tertiary alicyclic amines) is 1. The molecule has 0 radical (unpaired) electrons. The number of hydrogen-bond donors (Lipinski definition) is 1. The first-order chi connectivity index (χ1) is 8.56. The molecule has 0 unspecified atom stereocenters. The number of hydrogen-bond acceptors (Lipinski definition) is 4. The third kappa shape index (κ3) is 2.84. The van der Waals surface area contributed by atoms with Crippen LogP contribution in [0.2, 0.25) is 0 Å². The summed E-state index contributed by atoms with van der Waals surface area (Å²) < 4.78 is 0. The SMILES string of the molecule is O=C(Cc1cccc([N+](=O)[O-])c1)N1CC[C@@H](O)C1. The lowest BCUT2D eigenvalue weighted by atomic mass is 10.1. The number of amides is 1. The van der Waals surface area contributed by atoms with Gasteiger partial charge in [-0.05, 0) is 12.0 Å². The Morgan fingerprint density at radius 3 is 2.94 bits per heavy atom. The molecule has 1 N–H and O–H groups in total. The third-order valence-electron chi connectivity index (χ3n) is 2.99. The first-order valence-electron chi connectivity index (χ1n) is 5.75. The van der Waals surface area contributed by atoms with E-state index in [2.05, 4.69) is 0 Å². The van der Waals surface area contributed by atoms with E-state index >= 15 is 0 Å². The Morgan fingerprint density at radius 2 is 2.33 bits per heavy atom. The van der Waals surface area contributed by atoms with E-state index in [1.54, 1.807) is 17.0 Å². The molecule has 1 saturated heterocycles. The van der Waals surface area contributed by atoms with Crippen molar-refractivity contribution in [2.24, 2.45) is 0 Å². The van der Waals surface area contributed by atoms with Gasteiger partial charge in [-0.3, -0.25) is 14.9 Å². The summed E-state index contributed by atoms with van der Waals surface area (Å²) in [5.41, 5.74) is 0.609. The zero-order valence-corrected chi connectivity index (χ0v) is 9.78. The van der Waals surface area contributed by atoms with Crippen LogP contribution in [0.4, 0.5) is 5.69 Å². The van der Waals surface area contributed by atoms with Gasteiger partial charge in [0, 0.05) is 25.2 Å². The molecule has 0 bridgehead atoms. The summed E-state index contributed by atoms with van der Waals surface area (Å²) in [5, 5.41) is 20.0. The number of aliphatic hydroxyl groups is 1. The van der Waals surface area contributed by atoms with E-state index in [1.165, 1.54) is 12.1 Å². The molecular formula is C12H14N2O4.